The predicted octanol–water partition coefficient (Wildman–Crippen LogP) is 1.51. The summed E-state index contributed by atoms with van der Waals surface area (Å²) in [6, 6.07) is 0. The summed E-state index contributed by atoms with van der Waals surface area (Å²) < 4.78 is 0. The number of allylic oxidation sites excluding steroid dienone is 2. The molecule has 0 radical (unpaired) electrons. The van der Waals surface area contributed by atoms with Crippen molar-refractivity contribution in [1.29, 1.82) is 0 Å². The van der Waals surface area contributed by atoms with E-state index >= 15 is 0 Å². The Morgan fingerprint density at radius 3 is 2.82 bits per heavy atom. The van der Waals surface area contributed by atoms with Crippen molar-refractivity contribution >= 4 is 6.21 Å². The molecule has 1 aliphatic heterocycles. The first-order chi connectivity index (χ1) is 5.34. The average Bonchev–Trinajstić information content (AvgIpc) is 2.37. The lowest BCUT2D eigenvalue weighted by molar-refractivity contribution is 0.861. The van der Waals surface area contributed by atoms with E-state index in [0.717, 1.165) is 13.1 Å². The highest BCUT2D eigenvalue weighted by Gasteiger charge is 2.06. The molecule has 1 heterocycles. The van der Waals surface area contributed by atoms with Gasteiger partial charge in [-0.05, 0) is 25.5 Å². The Balaban J connectivity index is 2.54. The van der Waals surface area contributed by atoms with Crippen LogP contribution in [0.4, 0.5) is 0 Å². The highest BCUT2D eigenvalue weighted by atomic mass is 14.9. The summed E-state index contributed by atoms with van der Waals surface area (Å²) in [5.74, 6) is 0. The van der Waals surface area contributed by atoms with Gasteiger partial charge in [-0.15, -0.1) is 0 Å². The molecule has 11 heavy (non-hydrogen) atoms. The second-order valence-corrected chi connectivity index (χ2v) is 2.63. The van der Waals surface area contributed by atoms with Gasteiger partial charge in [0, 0.05) is 19.3 Å². The molecule has 1 rings (SSSR count). The van der Waals surface area contributed by atoms with Crippen molar-refractivity contribution in [2.75, 3.05) is 13.1 Å². The van der Waals surface area contributed by atoms with E-state index in [0.29, 0.717) is 0 Å². The lowest BCUT2D eigenvalue weighted by Gasteiger charge is -1.90. The van der Waals surface area contributed by atoms with Gasteiger partial charge >= 0.3 is 0 Å². The van der Waals surface area contributed by atoms with E-state index in [1.807, 2.05) is 25.3 Å². The molecule has 0 spiro atoms. The number of aliphatic imine (C=N–C) groups is 1. The highest BCUT2D eigenvalue weighted by molar-refractivity contribution is 5.72. The topological polar surface area (TPSA) is 24.4 Å². The van der Waals surface area contributed by atoms with Crippen molar-refractivity contribution in [3.05, 3.63) is 23.4 Å². The minimum Gasteiger partial charge on any atom is -0.307 e. The number of rotatable bonds is 2. The zero-order valence-corrected chi connectivity index (χ0v) is 7.09. The largest absolute Gasteiger partial charge is 0.307 e. The Kier molecular flexibility index (Phi) is 3.05. The van der Waals surface area contributed by atoms with Crippen LogP contribution in [-0.4, -0.2) is 19.3 Å². The molecule has 0 aromatic rings. The van der Waals surface area contributed by atoms with Gasteiger partial charge in [0.1, 0.15) is 0 Å². The van der Waals surface area contributed by atoms with E-state index in [1.165, 1.54) is 11.3 Å². The van der Waals surface area contributed by atoms with Gasteiger partial charge in [0.15, 0.2) is 0 Å². The van der Waals surface area contributed by atoms with Gasteiger partial charge in [-0.3, -0.25) is 4.99 Å². The van der Waals surface area contributed by atoms with Crippen molar-refractivity contribution in [3.63, 3.8) is 0 Å². The quantitative estimate of drug-likeness (QED) is 0.593. The van der Waals surface area contributed by atoms with Crippen LogP contribution in [0.3, 0.4) is 0 Å². The Bertz CT molecular complexity index is 212. The number of nitrogens with one attached hydrogen (secondary N) is 1. The van der Waals surface area contributed by atoms with Crippen LogP contribution in [0.5, 0.6) is 0 Å². The van der Waals surface area contributed by atoms with Crippen molar-refractivity contribution in [3.8, 4) is 0 Å². The lowest BCUT2D eigenvalue weighted by Crippen LogP contribution is -2.08. The van der Waals surface area contributed by atoms with Gasteiger partial charge in [-0.25, -0.2) is 0 Å². The summed E-state index contributed by atoms with van der Waals surface area (Å²) in [5, 5.41) is 3.24. The third kappa shape index (κ3) is 2.31. The first kappa shape index (κ1) is 8.21. The number of hydrogen-bond donors (Lipinski definition) is 1. The standard InChI is InChI=1S/C9H14N2/c1-3-4-5-11-9-7-10-6-8(9)2/h3-5,10H,6-7H2,1-2H3. The van der Waals surface area contributed by atoms with E-state index in [1.54, 1.807) is 0 Å². The number of nitrogens with zero attached hydrogens (tertiary/aromatic N) is 1. The fraction of sp³-hybridized carbons (Fsp3) is 0.444. The summed E-state index contributed by atoms with van der Waals surface area (Å²) in [6.07, 6.45) is 5.76. The van der Waals surface area contributed by atoms with E-state index in [-0.39, 0.29) is 0 Å². The normalized spacial score (nSPS) is 19.5. The molecular weight excluding hydrogens is 136 g/mol. The van der Waals surface area contributed by atoms with Crippen LogP contribution in [0.15, 0.2) is 28.4 Å². The lowest BCUT2D eigenvalue weighted by atomic mass is 10.3. The first-order valence-corrected chi connectivity index (χ1v) is 3.89. The molecule has 0 fully saturated rings. The Hall–Kier alpha value is -0.890. The molecule has 2 heteroatoms. The Morgan fingerprint density at radius 2 is 2.27 bits per heavy atom. The van der Waals surface area contributed by atoms with Crippen molar-refractivity contribution in [2.45, 2.75) is 13.8 Å². The third-order valence-electron chi connectivity index (χ3n) is 1.68. The van der Waals surface area contributed by atoms with Crippen LogP contribution in [0.25, 0.3) is 0 Å². The van der Waals surface area contributed by atoms with Crippen molar-refractivity contribution in [1.82, 2.24) is 5.32 Å². The third-order valence-corrected chi connectivity index (χ3v) is 1.68. The summed E-state index contributed by atoms with van der Waals surface area (Å²) in [6.45, 7) is 6.00. The van der Waals surface area contributed by atoms with Crippen molar-refractivity contribution < 1.29 is 0 Å². The van der Waals surface area contributed by atoms with Crippen LogP contribution in [0, 0.1) is 0 Å². The van der Waals surface area contributed by atoms with Gasteiger partial charge in [0.25, 0.3) is 0 Å². The Morgan fingerprint density at radius 1 is 1.45 bits per heavy atom. The van der Waals surface area contributed by atoms with Crippen LogP contribution in [-0.2, 0) is 0 Å². The first-order valence-electron chi connectivity index (χ1n) is 3.89. The van der Waals surface area contributed by atoms with Gasteiger partial charge in [-0.1, -0.05) is 6.08 Å². The monoisotopic (exact) mass is 150 g/mol. The van der Waals surface area contributed by atoms with E-state index in [9.17, 15) is 0 Å². The summed E-state index contributed by atoms with van der Waals surface area (Å²) in [5.41, 5.74) is 2.54. The molecule has 0 amide bonds. The second kappa shape index (κ2) is 4.09. The molecule has 0 bridgehead atoms. The smallest absolute Gasteiger partial charge is 0.0543 e. The van der Waals surface area contributed by atoms with Gasteiger partial charge < -0.3 is 5.32 Å². The van der Waals surface area contributed by atoms with Crippen LogP contribution >= 0.6 is 0 Å². The molecule has 60 valence electrons. The molecule has 0 aromatic carbocycles. The average molecular weight is 150 g/mol. The van der Waals surface area contributed by atoms with Crippen LogP contribution < -0.4 is 5.32 Å². The fourth-order valence-corrected chi connectivity index (χ4v) is 0.996. The molecule has 0 saturated carbocycles. The second-order valence-electron chi connectivity index (χ2n) is 2.63. The van der Waals surface area contributed by atoms with E-state index in [4.69, 9.17) is 0 Å². The van der Waals surface area contributed by atoms with Gasteiger partial charge in [-0.2, -0.15) is 0 Å². The molecule has 0 saturated heterocycles. The molecule has 0 aromatic heterocycles. The molecule has 0 aliphatic carbocycles. The minimum absolute atomic E-state index is 0.917. The SMILES string of the molecule is CC=CC=NC1=C(C)CNC1. The molecule has 1 aliphatic rings. The maximum Gasteiger partial charge on any atom is 0.0543 e. The van der Waals surface area contributed by atoms with Crippen LogP contribution in [0.2, 0.25) is 0 Å². The van der Waals surface area contributed by atoms with E-state index in [2.05, 4.69) is 17.2 Å². The summed E-state index contributed by atoms with van der Waals surface area (Å²) in [4.78, 5) is 4.30. The van der Waals surface area contributed by atoms with Gasteiger partial charge in [0.2, 0.25) is 0 Å². The molecule has 2 nitrogen and oxygen atoms in total. The highest BCUT2D eigenvalue weighted by Crippen LogP contribution is 2.08. The zero-order valence-electron chi connectivity index (χ0n) is 7.09. The van der Waals surface area contributed by atoms with Gasteiger partial charge in [0.05, 0.1) is 5.70 Å². The Labute approximate surface area is 67.7 Å². The molecule has 0 atom stereocenters. The number of hydrogen-bond acceptors (Lipinski definition) is 2. The summed E-state index contributed by atoms with van der Waals surface area (Å²) in [7, 11) is 0. The van der Waals surface area contributed by atoms with Crippen LogP contribution in [0.1, 0.15) is 13.8 Å². The van der Waals surface area contributed by atoms with Crippen molar-refractivity contribution in [2.24, 2.45) is 4.99 Å². The molecular formula is C9H14N2. The summed E-state index contributed by atoms with van der Waals surface area (Å²) >= 11 is 0. The minimum atomic E-state index is 0.917. The maximum absolute atomic E-state index is 4.30. The van der Waals surface area contributed by atoms with E-state index < -0.39 is 0 Å². The fourth-order valence-electron chi connectivity index (χ4n) is 0.996. The maximum atomic E-state index is 4.30. The zero-order chi connectivity index (χ0) is 8.10. The molecule has 0 unspecified atom stereocenters. The predicted molar refractivity (Wildman–Crippen MR) is 48.9 cm³/mol. The molecule has 1 N–H and O–H groups in total.